The van der Waals surface area contributed by atoms with Crippen molar-refractivity contribution in [2.24, 2.45) is 5.92 Å². The molecule has 0 spiro atoms. The summed E-state index contributed by atoms with van der Waals surface area (Å²) in [6.45, 7) is 5.80. The van der Waals surface area contributed by atoms with Gasteiger partial charge in [-0.15, -0.1) is 0 Å². The monoisotopic (exact) mass is 445 g/mol. The van der Waals surface area contributed by atoms with Crippen LogP contribution in [-0.2, 0) is 4.74 Å². The van der Waals surface area contributed by atoms with Crippen LogP contribution in [0.2, 0.25) is 0 Å². The van der Waals surface area contributed by atoms with E-state index in [2.05, 4.69) is 37.4 Å². The highest BCUT2D eigenvalue weighted by molar-refractivity contribution is 7.99. The summed E-state index contributed by atoms with van der Waals surface area (Å²) < 4.78 is 5.64. The molecule has 0 aromatic carbocycles. The predicted molar refractivity (Wildman–Crippen MR) is 122 cm³/mol. The Morgan fingerprint density at radius 1 is 1.23 bits per heavy atom. The van der Waals surface area contributed by atoms with Gasteiger partial charge in [0, 0.05) is 44.7 Å². The summed E-state index contributed by atoms with van der Waals surface area (Å²) in [5.74, 6) is 2.14. The van der Waals surface area contributed by atoms with Crippen LogP contribution >= 0.6 is 24.0 Å². The number of thiocarbonyl (C=S) groups is 1. The first-order valence-corrected chi connectivity index (χ1v) is 11.6. The van der Waals surface area contributed by atoms with Crippen molar-refractivity contribution < 1.29 is 4.74 Å². The smallest absolute Gasteiger partial charge is 0.232 e. The quantitative estimate of drug-likeness (QED) is 0.393. The second kappa shape index (κ2) is 10.3. The summed E-state index contributed by atoms with van der Waals surface area (Å²) in [6.07, 6.45) is 8.17. The number of rotatable bonds is 6. The molecule has 1 atom stereocenters. The summed E-state index contributed by atoms with van der Waals surface area (Å²) in [5, 5.41) is 8.30. The fourth-order valence-electron chi connectivity index (χ4n) is 3.51. The van der Waals surface area contributed by atoms with Crippen molar-refractivity contribution >= 4 is 40.9 Å². The Morgan fingerprint density at radius 3 is 2.77 bits per heavy atom. The lowest BCUT2D eigenvalue weighted by Gasteiger charge is -2.31. The van der Waals surface area contributed by atoms with Crippen molar-refractivity contribution in [2.45, 2.75) is 48.9 Å². The maximum Gasteiger partial charge on any atom is 0.232 e. The maximum atomic E-state index is 5.64. The molecule has 30 heavy (non-hydrogen) atoms. The number of piperidine rings is 1. The number of hydrogen-bond donors (Lipinski definition) is 2. The Morgan fingerprint density at radius 2 is 2.03 bits per heavy atom. The third-order valence-electron chi connectivity index (χ3n) is 5.27. The van der Waals surface area contributed by atoms with Crippen LogP contribution in [-0.4, -0.2) is 57.4 Å². The molecule has 2 aliphatic heterocycles. The van der Waals surface area contributed by atoms with Gasteiger partial charge in [0.05, 0.1) is 6.10 Å². The maximum absolute atomic E-state index is 5.64. The number of anilines is 2. The standard InChI is InChI=1S/C20H27N7OS2/c1-14-5-9-27(10-6-14)16-12-17(30-20-21-7-3-8-22-20)25-18(24-16)26-19(29)23-13-15-4-2-11-28-15/h3,7-8,12,14-15H,2,4-6,9-11,13H2,1H3,(H2,23,24,25,26,29)/t15-/m0/s1. The first kappa shape index (κ1) is 21.2. The summed E-state index contributed by atoms with van der Waals surface area (Å²) in [6, 6.07) is 3.81. The molecule has 2 saturated heterocycles. The predicted octanol–water partition coefficient (Wildman–Crippen LogP) is 3.12. The van der Waals surface area contributed by atoms with E-state index in [1.807, 2.05) is 6.07 Å². The normalized spacial score (nSPS) is 19.6. The zero-order valence-electron chi connectivity index (χ0n) is 17.1. The average Bonchev–Trinajstić information content (AvgIpc) is 3.27. The largest absolute Gasteiger partial charge is 0.376 e. The van der Waals surface area contributed by atoms with Crippen LogP contribution in [0.25, 0.3) is 0 Å². The third-order valence-corrected chi connectivity index (χ3v) is 6.33. The van der Waals surface area contributed by atoms with Crippen LogP contribution in [0.15, 0.2) is 34.7 Å². The molecule has 0 radical (unpaired) electrons. The minimum Gasteiger partial charge on any atom is -0.376 e. The molecule has 2 aromatic heterocycles. The second-order valence-electron chi connectivity index (χ2n) is 7.66. The molecule has 10 heteroatoms. The number of ether oxygens (including phenoxy) is 1. The molecular formula is C20H27N7OS2. The van der Waals surface area contributed by atoms with Gasteiger partial charge in [0.2, 0.25) is 5.95 Å². The van der Waals surface area contributed by atoms with Gasteiger partial charge < -0.3 is 20.3 Å². The number of nitrogens with one attached hydrogen (secondary N) is 2. The number of nitrogens with zero attached hydrogens (tertiary/aromatic N) is 5. The van der Waals surface area contributed by atoms with Crippen LogP contribution in [0, 0.1) is 5.92 Å². The van der Waals surface area contributed by atoms with Gasteiger partial charge in [0.25, 0.3) is 0 Å². The van der Waals surface area contributed by atoms with Crippen molar-refractivity contribution in [3.05, 3.63) is 24.5 Å². The highest BCUT2D eigenvalue weighted by Crippen LogP contribution is 2.28. The highest BCUT2D eigenvalue weighted by atomic mass is 32.2. The van der Waals surface area contributed by atoms with E-state index in [-0.39, 0.29) is 6.10 Å². The SMILES string of the molecule is CC1CCN(c2cc(Sc3ncccn3)nc(NC(=S)NC[C@@H]3CCCO3)n2)CC1. The van der Waals surface area contributed by atoms with Gasteiger partial charge >= 0.3 is 0 Å². The van der Waals surface area contributed by atoms with Crippen LogP contribution in [0.5, 0.6) is 0 Å². The first-order chi connectivity index (χ1) is 14.7. The van der Waals surface area contributed by atoms with Gasteiger partial charge in [-0.05, 0) is 61.6 Å². The van der Waals surface area contributed by atoms with Crippen molar-refractivity contribution in [3.63, 3.8) is 0 Å². The Bertz CT molecular complexity index is 840. The molecule has 0 saturated carbocycles. The fourth-order valence-corrected chi connectivity index (χ4v) is 4.40. The zero-order chi connectivity index (χ0) is 20.8. The number of aromatic nitrogens is 4. The summed E-state index contributed by atoms with van der Waals surface area (Å²) >= 11 is 6.87. The van der Waals surface area contributed by atoms with Gasteiger partial charge in [-0.2, -0.15) is 4.98 Å². The van der Waals surface area contributed by atoms with Gasteiger partial charge in [0.15, 0.2) is 10.3 Å². The molecule has 2 N–H and O–H groups in total. The van der Waals surface area contributed by atoms with Gasteiger partial charge in [0.1, 0.15) is 10.8 Å². The minimum absolute atomic E-state index is 0.216. The molecule has 8 nitrogen and oxygen atoms in total. The van der Waals surface area contributed by atoms with Crippen LogP contribution < -0.4 is 15.5 Å². The fraction of sp³-hybridized carbons (Fsp3) is 0.550. The van der Waals surface area contributed by atoms with Gasteiger partial charge in [-0.1, -0.05) is 6.92 Å². The topological polar surface area (TPSA) is 88.1 Å². The molecule has 0 aliphatic carbocycles. The Kier molecular flexibility index (Phi) is 7.29. The Labute approximate surface area is 186 Å². The van der Waals surface area contributed by atoms with Crippen molar-refractivity contribution in [3.8, 4) is 0 Å². The summed E-state index contributed by atoms with van der Waals surface area (Å²) in [5.41, 5.74) is 0. The number of hydrogen-bond acceptors (Lipinski definition) is 8. The molecule has 0 amide bonds. The van der Waals surface area contributed by atoms with E-state index in [0.717, 1.165) is 49.3 Å². The van der Waals surface area contributed by atoms with Gasteiger partial charge in [-0.25, -0.2) is 15.0 Å². The van der Waals surface area contributed by atoms with E-state index in [0.29, 0.717) is 22.8 Å². The van der Waals surface area contributed by atoms with Crippen molar-refractivity contribution in [2.75, 3.05) is 36.5 Å². The second-order valence-corrected chi connectivity index (χ2v) is 9.06. The molecule has 160 valence electrons. The minimum atomic E-state index is 0.216. The molecule has 0 unspecified atom stereocenters. The van der Waals surface area contributed by atoms with E-state index in [1.54, 1.807) is 18.5 Å². The lowest BCUT2D eigenvalue weighted by atomic mass is 9.99. The van der Waals surface area contributed by atoms with Crippen LogP contribution in [0.3, 0.4) is 0 Å². The molecular weight excluding hydrogens is 418 g/mol. The van der Waals surface area contributed by atoms with E-state index in [4.69, 9.17) is 21.9 Å². The van der Waals surface area contributed by atoms with E-state index in [1.165, 1.54) is 24.6 Å². The Hall–Kier alpha value is -2.04. The van der Waals surface area contributed by atoms with Crippen molar-refractivity contribution in [1.29, 1.82) is 0 Å². The zero-order valence-corrected chi connectivity index (χ0v) is 18.7. The molecule has 4 rings (SSSR count). The first-order valence-electron chi connectivity index (χ1n) is 10.4. The molecule has 2 aliphatic rings. The summed E-state index contributed by atoms with van der Waals surface area (Å²) in [7, 11) is 0. The van der Waals surface area contributed by atoms with E-state index in [9.17, 15) is 0 Å². The Balaban J connectivity index is 1.48. The molecule has 2 fully saturated rings. The van der Waals surface area contributed by atoms with Crippen LogP contribution in [0.4, 0.5) is 11.8 Å². The van der Waals surface area contributed by atoms with E-state index >= 15 is 0 Å². The van der Waals surface area contributed by atoms with Crippen LogP contribution in [0.1, 0.15) is 32.6 Å². The van der Waals surface area contributed by atoms with E-state index < -0.39 is 0 Å². The molecule has 2 aromatic rings. The lowest BCUT2D eigenvalue weighted by molar-refractivity contribution is 0.114. The molecule has 0 bridgehead atoms. The highest BCUT2D eigenvalue weighted by Gasteiger charge is 2.20. The third kappa shape index (κ3) is 5.99. The van der Waals surface area contributed by atoms with Gasteiger partial charge in [-0.3, -0.25) is 0 Å². The van der Waals surface area contributed by atoms with Crippen molar-refractivity contribution in [1.82, 2.24) is 25.3 Å². The average molecular weight is 446 g/mol. The molecule has 4 heterocycles. The lowest BCUT2D eigenvalue weighted by Crippen LogP contribution is -2.36. The summed E-state index contributed by atoms with van der Waals surface area (Å²) in [4.78, 5) is 20.3.